The van der Waals surface area contributed by atoms with Crippen LogP contribution in [-0.2, 0) is 0 Å². The highest BCUT2D eigenvalue weighted by atomic mass is 32.1. The van der Waals surface area contributed by atoms with Gasteiger partial charge in [0.2, 0.25) is 5.82 Å². The summed E-state index contributed by atoms with van der Waals surface area (Å²) in [4.78, 5) is 15.9. The third-order valence-electron chi connectivity index (χ3n) is 4.53. The number of carbonyl (C=O) groups is 1. The van der Waals surface area contributed by atoms with E-state index >= 15 is 0 Å². The van der Waals surface area contributed by atoms with Crippen LogP contribution in [0.15, 0.2) is 35.8 Å². The van der Waals surface area contributed by atoms with Crippen molar-refractivity contribution in [2.45, 2.75) is 18.9 Å². The van der Waals surface area contributed by atoms with Crippen molar-refractivity contribution >= 4 is 17.4 Å². The monoisotopic (exact) mass is 370 g/mol. The fraction of sp³-hybridized carbons (Fsp3) is 0.353. The number of likely N-dealkylation sites (tertiary alicyclic amines) is 1. The fourth-order valence-corrected chi connectivity index (χ4v) is 3.54. The van der Waals surface area contributed by atoms with Crippen LogP contribution in [0.3, 0.4) is 0 Å². The Morgan fingerprint density at radius 1 is 1.23 bits per heavy atom. The summed E-state index contributed by atoms with van der Waals surface area (Å²) in [5.41, 5.74) is 1.56. The normalized spacial score (nSPS) is 15.2. The van der Waals surface area contributed by atoms with Crippen molar-refractivity contribution < 1.29 is 9.53 Å². The first-order valence-electron chi connectivity index (χ1n) is 8.37. The van der Waals surface area contributed by atoms with Gasteiger partial charge in [0.25, 0.3) is 5.91 Å². The molecule has 0 aliphatic carbocycles. The van der Waals surface area contributed by atoms with Gasteiger partial charge in [-0.1, -0.05) is 0 Å². The Labute approximate surface area is 154 Å². The number of piperidine rings is 1. The molecule has 134 valence electrons. The van der Waals surface area contributed by atoms with Gasteiger partial charge < -0.3 is 9.64 Å². The van der Waals surface area contributed by atoms with Crippen LogP contribution in [0.25, 0.3) is 11.4 Å². The highest BCUT2D eigenvalue weighted by Crippen LogP contribution is 2.24. The zero-order chi connectivity index (χ0) is 17.9. The predicted molar refractivity (Wildman–Crippen MR) is 96.1 cm³/mol. The van der Waals surface area contributed by atoms with Crippen LogP contribution in [0.1, 0.15) is 29.2 Å². The Morgan fingerprint density at radius 2 is 2.00 bits per heavy atom. The lowest BCUT2D eigenvalue weighted by atomic mass is 10.1. The fourth-order valence-electron chi connectivity index (χ4n) is 3.03. The highest BCUT2D eigenvalue weighted by molar-refractivity contribution is 7.03. The smallest absolute Gasteiger partial charge is 0.256 e. The molecule has 0 spiro atoms. The van der Waals surface area contributed by atoms with E-state index in [1.807, 2.05) is 29.2 Å². The molecule has 4 rings (SSSR count). The van der Waals surface area contributed by atoms with Gasteiger partial charge in [-0.25, -0.2) is 4.37 Å². The molecule has 0 atom stereocenters. The van der Waals surface area contributed by atoms with Crippen LogP contribution < -0.4 is 4.74 Å². The Balaban J connectivity index is 1.40. The van der Waals surface area contributed by atoms with E-state index in [2.05, 4.69) is 19.8 Å². The van der Waals surface area contributed by atoms with Gasteiger partial charge >= 0.3 is 0 Å². The summed E-state index contributed by atoms with van der Waals surface area (Å²) in [5.74, 6) is 1.43. The molecule has 1 aromatic carbocycles. The van der Waals surface area contributed by atoms with Gasteiger partial charge in [0.05, 0.1) is 24.9 Å². The molecule has 26 heavy (non-hydrogen) atoms. The minimum atomic E-state index is 0.0441. The van der Waals surface area contributed by atoms with E-state index in [-0.39, 0.29) is 11.9 Å². The van der Waals surface area contributed by atoms with Crippen molar-refractivity contribution in [2.24, 2.45) is 0 Å². The zero-order valence-corrected chi connectivity index (χ0v) is 15.1. The third-order valence-corrected chi connectivity index (χ3v) is 5.12. The predicted octanol–water partition coefficient (Wildman–Crippen LogP) is 2.28. The van der Waals surface area contributed by atoms with Crippen LogP contribution in [0.4, 0.5) is 0 Å². The summed E-state index contributed by atoms with van der Waals surface area (Å²) < 4.78 is 9.16. The van der Waals surface area contributed by atoms with Crippen LogP contribution in [0.2, 0.25) is 0 Å². The molecule has 9 heteroatoms. The summed E-state index contributed by atoms with van der Waals surface area (Å²) in [7, 11) is 1.63. The number of methoxy groups -OCH3 is 1. The molecule has 0 radical (unpaired) electrons. The lowest BCUT2D eigenvalue weighted by molar-refractivity contribution is 0.0683. The second kappa shape index (κ2) is 7.20. The van der Waals surface area contributed by atoms with Crippen molar-refractivity contribution in [2.75, 3.05) is 20.2 Å². The van der Waals surface area contributed by atoms with Gasteiger partial charge in [-0.2, -0.15) is 4.80 Å². The number of nitrogens with zero attached hydrogens (tertiary/aromatic N) is 6. The molecule has 0 saturated carbocycles. The van der Waals surface area contributed by atoms with Crippen LogP contribution in [-0.4, -0.2) is 55.6 Å². The van der Waals surface area contributed by atoms with Crippen molar-refractivity contribution in [1.82, 2.24) is 29.5 Å². The van der Waals surface area contributed by atoms with Crippen molar-refractivity contribution in [1.29, 1.82) is 0 Å². The van der Waals surface area contributed by atoms with Crippen molar-refractivity contribution in [3.63, 3.8) is 0 Å². The largest absolute Gasteiger partial charge is 0.497 e. The summed E-state index contributed by atoms with van der Waals surface area (Å²) in [6.07, 6.45) is 3.24. The van der Waals surface area contributed by atoms with Crippen LogP contribution in [0, 0.1) is 0 Å². The molecule has 0 bridgehead atoms. The van der Waals surface area contributed by atoms with Crippen molar-refractivity contribution in [3.8, 4) is 17.1 Å². The maximum atomic E-state index is 12.4. The molecule has 1 amide bonds. The van der Waals surface area contributed by atoms with E-state index in [9.17, 15) is 4.79 Å². The van der Waals surface area contributed by atoms with Gasteiger partial charge in [-0.15, -0.1) is 10.2 Å². The molecule has 3 heterocycles. The van der Waals surface area contributed by atoms with E-state index in [4.69, 9.17) is 4.74 Å². The SMILES string of the molecule is COc1ccc(-c2nnn(C3CCN(C(=O)c4cnsc4)CC3)n2)cc1. The van der Waals surface area contributed by atoms with Crippen LogP contribution in [0.5, 0.6) is 5.75 Å². The molecule has 1 aliphatic heterocycles. The topological polar surface area (TPSA) is 86.0 Å². The standard InChI is InChI=1S/C17H18N6O2S/c1-25-15-4-2-12(3-5-15)16-19-21-23(20-16)14-6-8-22(9-7-14)17(24)13-10-18-26-11-13/h2-5,10-11,14H,6-9H2,1H3. The third kappa shape index (κ3) is 3.30. The number of tetrazole rings is 1. The molecule has 8 nitrogen and oxygen atoms in total. The van der Waals surface area contributed by atoms with Gasteiger partial charge in [0.15, 0.2) is 0 Å². The number of ether oxygens (including phenoxy) is 1. The summed E-state index contributed by atoms with van der Waals surface area (Å²) in [6.45, 7) is 1.36. The Bertz CT molecular complexity index is 869. The first kappa shape index (κ1) is 16.6. The number of aromatic nitrogens is 5. The lowest BCUT2D eigenvalue weighted by Gasteiger charge is -2.30. The number of amides is 1. The number of carbonyl (C=O) groups excluding carboxylic acids is 1. The Kier molecular flexibility index (Phi) is 4.61. The molecule has 0 unspecified atom stereocenters. The molecule has 2 aromatic heterocycles. The molecule has 0 N–H and O–H groups in total. The maximum Gasteiger partial charge on any atom is 0.256 e. The van der Waals surface area contributed by atoms with E-state index in [1.54, 1.807) is 23.5 Å². The maximum absolute atomic E-state index is 12.4. The molecule has 1 fully saturated rings. The van der Waals surface area contributed by atoms with Gasteiger partial charge in [-0.05, 0) is 53.9 Å². The quantitative estimate of drug-likeness (QED) is 0.700. The average Bonchev–Trinajstić information content (AvgIpc) is 3.40. The lowest BCUT2D eigenvalue weighted by Crippen LogP contribution is -2.39. The minimum absolute atomic E-state index is 0.0441. The molecular weight excluding hydrogens is 352 g/mol. The van der Waals surface area contributed by atoms with Gasteiger partial charge in [0, 0.05) is 24.0 Å². The highest BCUT2D eigenvalue weighted by Gasteiger charge is 2.26. The number of hydrogen-bond acceptors (Lipinski definition) is 7. The van der Waals surface area contributed by atoms with Crippen molar-refractivity contribution in [3.05, 3.63) is 41.4 Å². The second-order valence-corrected chi connectivity index (χ2v) is 6.76. The zero-order valence-electron chi connectivity index (χ0n) is 14.3. The van der Waals surface area contributed by atoms with Crippen LogP contribution >= 0.6 is 11.5 Å². The van der Waals surface area contributed by atoms with Gasteiger partial charge in [-0.3, -0.25) is 4.79 Å². The molecule has 3 aromatic rings. The number of hydrogen-bond donors (Lipinski definition) is 0. The summed E-state index contributed by atoms with van der Waals surface area (Å²) in [5, 5.41) is 14.7. The molecule has 1 saturated heterocycles. The number of benzene rings is 1. The summed E-state index contributed by atoms with van der Waals surface area (Å²) >= 11 is 1.29. The molecular formula is C17H18N6O2S. The Hall–Kier alpha value is -2.81. The first-order valence-corrected chi connectivity index (χ1v) is 9.21. The second-order valence-electron chi connectivity index (χ2n) is 6.10. The average molecular weight is 370 g/mol. The molecule has 1 aliphatic rings. The first-order chi connectivity index (χ1) is 12.7. The van der Waals surface area contributed by atoms with Gasteiger partial charge in [0.1, 0.15) is 5.75 Å². The summed E-state index contributed by atoms with van der Waals surface area (Å²) in [6, 6.07) is 7.73. The van der Waals surface area contributed by atoms with E-state index in [0.29, 0.717) is 24.5 Å². The number of rotatable bonds is 4. The van der Waals surface area contributed by atoms with E-state index in [0.717, 1.165) is 24.2 Å². The minimum Gasteiger partial charge on any atom is -0.497 e. The van der Waals surface area contributed by atoms with E-state index in [1.165, 1.54) is 11.5 Å². The Morgan fingerprint density at radius 3 is 2.65 bits per heavy atom. The van der Waals surface area contributed by atoms with E-state index < -0.39 is 0 Å².